The topological polar surface area (TPSA) is 93.7 Å². The first-order valence-electron chi connectivity index (χ1n) is 6.04. The Kier molecular flexibility index (Phi) is 12.2. The molecule has 7 nitrogen and oxygen atoms in total. The molecule has 2 N–H and O–H groups in total. The number of esters is 1. The fourth-order valence-corrected chi connectivity index (χ4v) is 1.07. The van der Waals surface area contributed by atoms with Gasteiger partial charge in [0.2, 0.25) is 5.91 Å². The predicted molar refractivity (Wildman–Crippen MR) is 82.2 cm³/mol. The van der Waals surface area contributed by atoms with Gasteiger partial charge >= 0.3 is 46.6 Å². The summed E-state index contributed by atoms with van der Waals surface area (Å²) in [6.07, 6.45) is -0.756. The number of hydrogen-bond donors (Lipinski definition) is 2. The van der Waals surface area contributed by atoms with Crippen LogP contribution in [0, 0.1) is 6.92 Å². The Morgan fingerprint density at radius 2 is 1.67 bits per heavy atom. The van der Waals surface area contributed by atoms with Gasteiger partial charge in [0.1, 0.15) is 11.6 Å². The van der Waals surface area contributed by atoms with Crippen LogP contribution in [0.3, 0.4) is 0 Å². The average Bonchev–Trinajstić information content (AvgIpc) is 2.37. The summed E-state index contributed by atoms with van der Waals surface area (Å²) in [6, 6.07) is -1.89. The fourth-order valence-electron chi connectivity index (χ4n) is 1.07. The van der Waals surface area contributed by atoms with Crippen LogP contribution < -0.4 is 10.6 Å². The van der Waals surface area contributed by atoms with Gasteiger partial charge in [-0.3, -0.25) is 4.79 Å². The third-order valence-electron chi connectivity index (χ3n) is 1.92. The molecule has 0 saturated carbocycles. The van der Waals surface area contributed by atoms with Crippen LogP contribution in [0.15, 0.2) is 0 Å². The van der Waals surface area contributed by atoms with Crippen molar-refractivity contribution in [3.8, 4) is 0 Å². The summed E-state index contributed by atoms with van der Waals surface area (Å²) in [7, 11) is 1.21. The average molecular weight is 466 g/mol. The minimum absolute atomic E-state index is 0.585. The monoisotopic (exact) mass is 464 g/mol. The second-order valence-corrected chi connectivity index (χ2v) is 4.95. The van der Waals surface area contributed by atoms with Crippen molar-refractivity contribution in [2.75, 3.05) is 7.11 Å². The molecule has 0 aromatic carbocycles. The van der Waals surface area contributed by atoms with Crippen molar-refractivity contribution in [1.29, 1.82) is 0 Å². The summed E-state index contributed by atoms with van der Waals surface area (Å²) < 4.78 is 9.42. The number of nitrogens with one attached hydrogen (secondary N) is 2. The van der Waals surface area contributed by atoms with Crippen molar-refractivity contribution < 1.29 is 38.6 Å². The number of ether oxygens (including phenoxy) is 2. The summed E-state index contributed by atoms with van der Waals surface area (Å²) in [5, 5.41) is 4.61. The zero-order valence-corrected chi connectivity index (χ0v) is 18.1. The molecule has 0 aliphatic heterocycles. The molecule has 0 spiro atoms. The van der Waals surface area contributed by atoms with E-state index >= 15 is 0 Å². The van der Waals surface area contributed by atoms with Crippen molar-refractivity contribution in [3.05, 3.63) is 6.92 Å². The number of methoxy groups -OCH3 is 1. The molecule has 0 aliphatic carbocycles. The quantitative estimate of drug-likeness (QED) is 0.282. The molecule has 9 heteroatoms. The van der Waals surface area contributed by atoms with Crippen molar-refractivity contribution in [2.24, 2.45) is 0 Å². The van der Waals surface area contributed by atoms with E-state index < -0.39 is 35.7 Å². The molecular weight excluding hydrogens is 444 g/mol. The molecule has 0 radical (unpaired) electrons. The van der Waals surface area contributed by atoms with Crippen LogP contribution >= 0.6 is 19.8 Å². The molecule has 0 rings (SSSR count). The van der Waals surface area contributed by atoms with Crippen LogP contribution in [-0.2, 0) is 33.9 Å². The number of alkyl carbamates (subject to hydrolysis) is 1. The van der Waals surface area contributed by atoms with Gasteiger partial charge in [-0.05, 0) is 33.7 Å². The van der Waals surface area contributed by atoms with Gasteiger partial charge in [-0.2, -0.15) is 0 Å². The number of carbonyl (C=O) groups excluding carboxylic acids is 3. The van der Waals surface area contributed by atoms with E-state index in [1.807, 2.05) is 0 Å². The Bertz CT molecular complexity index is 360. The number of halogens is 1. The minimum atomic E-state index is -1.07. The van der Waals surface area contributed by atoms with Gasteiger partial charge < -0.3 is 27.0 Å². The third-order valence-corrected chi connectivity index (χ3v) is 1.92. The Balaban J connectivity index is 0. The van der Waals surface area contributed by atoms with E-state index in [-0.39, 0.29) is 0 Å². The van der Waals surface area contributed by atoms with Crippen LogP contribution in [-0.4, -0.2) is 42.8 Å². The van der Waals surface area contributed by atoms with E-state index in [0.717, 1.165) is 0 Å². The van der Waals surface area contributed by atoms with Gasteiger partial charge in [-0.15, -0.1) is 0 Å². The van der Waals surface area contributed by atoms with Gasteiger partial charge in [0, 0.05) is 0 Å². The summed E-state index contributed by atoms with van der Waals surface area (Å²) in [4.78, 5) is 34.1. The van der Waals surface area contributed by atoms with Crippen LogP contribution in [0.1, 0.15) is 27.7 Å². The Labute approximate surface area is 146 Å². The number of amides is 2. The number of rotatable bonds is 4. The normalized spacial score (nSPS) is 13.0. The van der Waals surface area contributed by atoms with Crippen molar-refractivity contribution in [3.63, 3.8) is 0 Å². The first-order valence-corrected chi connectivity index (χ1v) is 15.1. The zero-order chi connectivity index (χ0) is 17.2. The van der Waals surface area contributed by atoms with E-state index in [1.54, 1.807) is 20.8 Å². The molecule has 0 bridgehead atoms. The first-order chi connectivity index (χ1) is 9.56. The number of hydrogen-bond acceptors (Lipinski definition) is 5. The molecule has 118 valence electrons. The Morgan fingerprint density at radius 3 is 2.05 bits per heavy atom. The fraction of sp³-hybridized carbons (Fsp3) is 0.667. The van der Waals surface area contributed by atoms with Crippen molar-refractivity contribution in [2.45, 2.75) is 45.4 Å². The van der Waals surface area contributed by atoms with Gasteiger partial charge in [-0.1, -0.05) is 0 Å². The van der Waals surface area contributed by atoms with Gasteiger partial charge in [0.05, 0.1) is 7.11 Å². The summed E-state index contributed by atoms with van der Waals surface area (Å²) in [5.74, 6) is -1.19. The molecule has 2 atom stereocenters. The van der Waals surface area contributed by atoms with Crippen LogP contribution in [0.25, 0.3) is 0 Å². The first kappa shape index (κ1) is 22.8. The van der Waals surface area contributed by atoms with Gasteiger partial charge in [0.15, 0.2) is 0 Å². The van der Waals surface area contributed by atoms with Gasteiger partial charge in [0.25, 0.3) is 0 Å². The van der Waals surface area contributed by atoms with Crippen molar-refractivity contribution >= 4 is 37.7 Å². The molecule has 0 aliphatic rings. The molecule has 2 amide bonds. The van der Waals surface area contributed by atoms with E-state index in [1.165, 1.54) is 28.8 Å². The molecule has 0 saturated heterocycles. The second kappa shape index (κ2) is 11.2. The SMILES string of the molecule is [CH2-][C@H](NC(=O)OC(C)(C)C)C(=O)N[C@@H](C)C(=O)OC.[Zn+][I]. The molecule has 0 aromatic rings. The molecular formula is C12H21IN2O5Zn. The van der Waals surface area contributed by atoms with E-state index in [4.69, 9.17) is 4.74 Å². The summed E-state index contributed by atoms with van der Waals surface area (Å²) in [6.45, 7) is 10.0. The van der Waals surface area contributed by atoms with Crippen LogP contribution in [0.5, 0.6) is 0 Å². The maximum absolute atomic E-state index is 11.6. The Hall–Kier alpha value is -0.437. The molecule has 0 heterocycles. The third kappa shape index (κ3) is 11.9. The van der Waals surface area contributed by atoms with E-state index in [0.29, 0.717) is 0 Å². The van der Waals surface area contributed by atoms with E-state index in [9.17, 15) is 14.4 Å². The van der Waals surface area contributed by atoms with Crippen LogP contribution in [0.2, 0.25) is 0 Å². The maximum atomic E-state index is 11.6. The summed E-state index contributed by atoms with van der Waals surface area (Å²) >= 11 is 3.62. The molecule has 0 fully saturated rings. The molecule has 0 unspecified atom stereocenters. The molecule has 0 aromatic heterocycles. The van der Waals surface area contributed by atoms with Crippen LogP contribution in [0.4, 0.5) is 4.79 Å². The standard InChI is InChI=1S/C12H21N2O5.HI.Zn/c1-7(14-11(17)19-12(3,4)5)9(15)13-8(2)10(16)18-6;;/h7-8H,1H2,2-6H3,(H,13,15)(H,14,17);1H;/q-1;;+2/p-1/t7-,8-;;/m0../s1. The van der Waals surface area contributed by atoms with Gasteiger partial charge in [-0.25, -0.2) is 9.59 Å². The number of carbonyl (C=O) groups is 3. The summed E-state index contributed by atoms with van der Waals surface area (Å²) in [5.41, 5.74) is -0.667. The van der Waals surface area contributed by atoms with Crippen molar-refractivity contribution in [1.82, 2.24) is 10.6 Å². The predicted octanol–water partition coefficient (Wildman–Crippen LogP) is 1.27. The molecule has 21 heavy (non-hydrogen) atoms. The zero-order valence-electron chi connectivity index (χ0n) is 13.0. The van der Waals surface area contributed by atoms with E-state index in [2.05, 4.69) is 42.0 Å². The second-order valence-electron chi connectivity index (χ2n) is 4.95. The Morgan fingerprint density at radius 1 is 1.19 bits per heavy atom.